The molecule has 1 N–H and O–H groups in total. The molecule has 0 rings (SSSR count). The number of nitrogens with zero attached hydrogens (tertiary/aromatic N) is 1. The summed E-state index contributed by atoms with van der Waals surface area (Å²) in [5, 5.41) is 9.66. The van der Waals surface area contributed by atoms with Gasteiger partial charge in [0.05, 0.1) is 34.4 Å². The molecule has 2 unspecified atom stereocenters. The number of aliphatic carboxylic acids is 1. The number of hydrogen-bond donors (Lipinski definition) is 1. The van der Waals surface area contributed by atoms with Gasteiger partial charge in [-0.3, -0.25) is 9.59 Å². The second kappa shape index (κ2) is 53.2. The smallest absolute Gasteiger partial charge is 0.361 e. The molecule has 0 heterocycles. The lowest BCUT2D eigenvalue weighted by atomic mass is 10.1. The molecule has 0 aliphatic rings. The van der Waals surface area contributed by atoms with Crippen molar-refractivity contribution in [1.82, 2.24) is 0 Å². The van der Waals surface area contributed by atoms with Crippen molar-refractivity contribution in [2.45, 2.75) is 225 Å². The average Bonchev–Trinajstić information content (AvgIpc) is 3.35. The van der Waals surface area contributed by atoms with Crippen LogP contribution in [0.25, 0.3) is 0 Å². The summed E-state index contributed by atoms with van der Waals surface area (Å²) in [4.78, 5) is 37.2. The molecule has 0 aromatic heterocycles. The van der Waals surface area contributed by atoms with E-state index in [1.807, 2.05) is 21.1 Å². The molecule has 0 bridgehead atoms. The van der Waals surface area contributed by atoms with Gasteiger partial charge in [0, 0.05) is 12.8 Å². The molecule has 72 heavy (non-hydrogen) atoms. The second-order valence-corrected chi connectivity index (χ2v) is 19.9. The van der Waals surface area contributed by atoms with Crippen molar-refractivity contribution in [1.29, 1.82) is 0 Å². The number of carboxylic acid groups (broad SMARTS) is 1. The fraction of sp³-hybridized carbons (Fsp3) is 0.667. The summed E-state index contributed by atoms with van der Waals surface area (Å²) < 4.78 is 22.8. The molecule has 0 fully saturated rings. The highest BCUT2D eigenvalue weighted by atomic mass is 16.7. The van der Waals surface area contributed by atoms with Crippen molar-refractivity contribution in [2.75, 3.05) is 47.5 Å². The van der Waals surface area contributed by atoms with Crippen LogP contribution in [0.15, 0.2) is 109 Å². The summed E-state index contributed by atoms with van der Waals surface area (Å²) in [6, 6.07) is 0. The Morgan fingerprint density at radius 3 is 1.18 bits per heavy atom. The van der Waals surface area contributed by atoms with Crippen molar-refractivity contribution in [3.05, 3.63) is 109 Å². The first kappa shape index (κ1) is 68.0. The first-order valence-electron chi connectivity index (χ1n) is 28.6. The van der Waals surface area contributed by atoms with Crippen molar-refractivity contribution in [3.63, 3.8) is 0 Å². The Bertz CT molecular complexity index is 1540. The summed E-state index contributed by atoms with van der Waals surface area (Å²) in [7, 11) is 5.95. The third-order valence-electron chi connectivity index (χ3n) is 11.8. The zero-order chi connectivity index (χ0) is 52.7. The number of allylic oxidation sites excluding steroid dienone is 18. The maximum atomic E-state index is 12.8. The van der Waals surface area contributed by atoms with E-state index >= 15 is 0 Å². The molecule has 410 valence electrons. The van der Waals surface area contributed by atoms with Crippen LogP contribution in [0.5, 0.6) is 0 Å². The Hall–Kier alpha value is -4.05. The molecule has 9 heteroatoms. The van der Waals surface area contributed by atoms with E-state index in [0.29, 0.717) is 23.9 Å². The zero-order valence-corrected chi connectivity index (χ0v) is 46.5. The molecule has 0 radical (unpaired) electrons. The highest BCUT2D eigenvalue weighted by Gasteiger charge is 2.25. The van der Waals surface area contributed by atoms with E-state index in [9.17, 15) is 19.5 Å². The Kier molecular flexibility index (Phi) is 50.3. The molecule has 9 nitrogen and oxygen atoms in total. The number of unbranched alkanes of at least 4 members (excludes halogenated alkanes) is 18. The Labute approximate surface area is 441 Å². The van der Waals surface area contributed by atoms with Crippen molar-refractivity contribution < 1.29 is 42.9 Å². The van der Waals surface area contributed by atoms with Crippen LogP contribution in [-0.2, 0) is 33.3 Å². The topological polar surface area (TPSA) is 108 Å². The van der Waals surface area contributed by atoms with Crippen molar-refractivity contribution in [2.24, 2.45) is 0 Å². The van der Waals surface area contributed by atoms with Gasteiger partial charge in [0.25, 0.3) is 6.29 Å². The average molecular weight is 1010 g/mol. The van der Waals surface area contributed by atoms with E-state index in [2.05, 4.69) is 123 Å². The number of ether oxygens (including phenoxy) is 4. The van der Waals surface area contributed by atoms with Crippen LogP contribution in [0.1, 0.15) is 213 Å². The molecule has 2 atom stereocenters. The molecular weight excluding hydrogens is 899 g/mol. The number of carboxylic acids is 1. The quantitative estimate of drug-likeness (QED) is 0.0211. The van der Waals surface area contributed by atoms with Gasteiger partial charge in [0.1, 0.15) is 13.2 Å². The number of quaternary nitrogens is 1. The predicted octanol–water partition coefficient (Wildman–Crippen LogP) is 16.7. The van der Waals surface area contributed by atoms with E-state index in [-0.39, 0.29) is 32.2 Å². The van der Waals surface area contributed by atoms with Gasteiger partial charge in [0.2, 0.25) is 0 Å². The maximum absolute atomic E-state index is 12.8. The van der Waals surface area contributed by atoms with Gasteiger partial charge in [-0.25, -0.2) is 4.79 Å². The Morgan fingerprint density at radius 2 is 0.792 bits per heavy atom. The third kappa shape index (κ3) is 53.7. The molecule has 0 aromatic rings. The summed E-state index contributed by atoms with van der Waals surface area (Å²) >= 11 is 0. The molecule has 0 saturated carbocycles. The SMILES string of the molecule is CC/C=C\C/C=C\C/C=C\C/C=C\C/C=C\C/C=C\C/C=C\C/C=C\C/C=C\CCCCCCCCCCCC(=O)OC(COC(=O)CCCCCCCCCCCC)COC(OCC[N+](C)(C)C)C(=O)O. The summed E-state index contributed by atoms with van der Waals surface area (Å²) in [5.74, 6) is -2.02. The predicted molar refractivity (Wildman–Crippen MR) is 304 cm³/mol. The van der Waals surface area contributed by atoms with Crippen LogP contribution < -0.4 is 0 Å². The fourth-order valence-electron chi connectivity index (χ4n) is 7.42. The van der Waals surface area contributed by atoms with Crippen LogP contribution in [0.3, 0.4) is 0 Å². The van der Waals surface area contributed by atoms with Gasteiger partial charge in [-0.1, -0.05) is 226 Å². The lowest BCUT2D eigenvalue weighted by molar-refractivity contribution is -0.870. The summed E-state index contributed by atoms with van der Waals surface area (Å²) in [5.41, 5.74) is 0. The van der Waals surface area contributed by atoms with Crippen molar-refractivity contribution in [3.8, 4) is 0 Å². The van der Waals surface area contributed by atoms with Gasteiger partial charge in [-0.15, -0.1) is 0 Å². The van der Waals surface area contributed by atoms with Gasteiger partial charge in [-0.05, 0) is 83.5 Å². The van der Waals surface area contributed by atoms with Crippen LogP contribution in [-0.4, -0.2) is 87.4 Å². The van der Waals surface area contributed by atoms with E-state index in [0.717, 1.165) is 103 Å². The first-order chi connectivity index (χ1) is 35.1. The highest BCUT2D eigenvalue weighted by Crippen LogP contribution is 2.15. The van der Waals surface area contributed by atoms with Gasteiger partial charge in [0.15, 0.2) is 6.10 Å². The van der Waals surface area contributed by atoms with Gasteiger partial charge in [-0.2, -0.15) is 0 Å². The van der Waals surface area contributed by atoms with E-state index in [4.69, 9.17) is 18.9 Å². The second-order valence-electron chi connectivity index (χ2n) is 19.9. The van der Waals surface area contributed by atoms with E-state index < -0.39 is 24.3 Å². The number of hydrogen-bond acceptors (Lipinski definition) is 7. The molecule has 0 amide bonds. The van der Waals surface area contributed by atoms with E-state index in [1.165, 1.54) is 77.0 Å². The summed E-state index contributed by atoms with van der Waals surface area (Å²) in [6.45, 7) is 4.72. The number of carbonyl (C=O) groups is 3. The highest BCUT2D eigenvalue weighted by molar-refractivity contribution is 5.71. The van der Waals surface area contributed by atoms with Crippen LogP contribution in [0.4, 0.5) is 0 Å². The van der Waals surface area contributed by atoms with Crippen LogP contribution in [0.2, 0.25) is 0 Å². The first-order valence-corrected chi connectivity index (χ1v) is 28.6. The van der Waals surface area contributed by atoms with Gasteiger partial charge < -0.3 is 28.5 Å². The monoisotopic (exact) mass is 1000 g/mol. The minimum atomic E-state index is -1.51. The van der Waals surface area contributed by atoms with E-state index in [1.54, 1.807) is 0 Å². The molecule has 0 aromatic carbocycles. The molecule has 0 saturated heterocycles. The Morgan fingerprint density at radius 1 is 0.431 bits per heavy atom. The lowest BCUT2D eigenvalue weighted by Crippen LogP contribution is -2.40. The molecule has 0 aliphatic carbocycles. The number of likely N-dealkylation sites (N-methyl/N-ethyl adjacent to an activating group) is 1. The van der Waals surface area contributed by atoms with Crippen LogP contribution in [0, 0.1) is 0 Å². The minimum absolute atomic E-state index is 0.183. The largest absolute Gasteiger partial charge is 0.477 e. The molecule has 0 aliphatic heterocycles. The number of esters is 2. The van der Waals surface area contributed by atoms with Crippen molar-refractivity contribution >= 4 is 17.9 Å². The zero-order valence-electron chi connectivity index (χ0n) is 46.5. The minimum Gasteiger partial charge on any atom is -0.477 e. The molecule has 0 spiro atoms. The number of carbonyl (C=O) groups excluding carboxylic acids is 2. The molecular formula is C63H106NO8+. The Balaban J connectivity index is 4.14. The van der Waals surface area contributed by atoms with Gasteiger partial charge >= 0.3 is 17.9 Å². The number of rotatable bonds is 51. The fourth-order valence-corrected chi connectivity index (χ4v) is 7.42. The lowest BCUT2D eigenvalue weighted by Gasteiger charge is -2.25. The third-order valence-corrected chi connectivity index (χ3v) is 11.8. The normalized spacial score (nSPS) is 13.6. The summed E-state index contributed by atoms with van der Waals surface area (Å²) in [6.07, 6.45) is 70.4. The van der Waals surface area contributed by atoms with Crippen LogP contribution >= 0.6 is 0 Å². The maximum Gasteiger partial charge on any atom is 0.361 e. The standard InChI is InChI=1S/C63H105NO8/c1-6-8-10-12-14-16-18-19-20-21-22-23-24-25-26-27-28-29-30-31-32-33-34-35-36-37-38-39-40-41-42-43-44-46-48-50-52-54-61(66)72-59(58-71-63(62(67)68)69-56-55-64(3,4)5)57-70-60(65)53-51-49-47-45-17-15-13-11-9-7-2/h8,10,14,16,19-20,22-23,25-26,28-29,31-32,34-35,37-38,59,63H,6-7,9,11-13,15,17-18,21,24,27,30,33,36,39-58H2,1-5H3/p+1/b10-8-,16-14-,20-19-,23-22-,26-25-,29-28-,32-31-,35-34-,38-37-.